The Hall–Kier alpha value is -2.86. The van der Waals surface area contributed by atoms with Crippen LogP contribution in [-0.4, -0.2) is 33.4 Å². The number of nitrogens with one attached hydrogen (secondary N) is 2. The van der Waals surface area contributed by atoms with Crippen LogP contribution in [0.15, 0.2) is 53.4 Å². The van der Waals surface area contributed by atoms with Crippen molar-refractivity contribution in [1.29, 1.82) is 0 Å². The molecule has 28 heavy (non-hydrogen) atoms. The standard InChI is InChI=1S/C19H17ClN2O5S/c1-2-10-22-28(25,26)17-8-6-15(7-9-17)19(24)27-13-18(23)21-12-14-4-3-5-16(20)11-14/h1,3-9,11,22H,10,12-13H2,(H,21,23). The SMILES string of the molecule is C#CCNS(=O)(=O)c1ccc(C(=O)OCC(=O)NCc2cccc(Cl)c2)cc1. The van der Waals surface area contributed by atoms with Crippen LogP contribution < -0.4 is 10.0 Å². The van der Waals surface area contributed by atoms with Crippen molar-refractivity contribution in [2.45, 2.75) is 11.4 Å². The van der Waals surface area contributed by atoms with Crippen LogP contribution in [-0.2, 0) is 26.1 Å². The van der Waals surface area contributed by atoms with Crippen molar-refractivity contribution >= 4 is 33.5 Å². The lowest BCUT2D eigenvalue weighted by Crippen LogP contribution is -2.28. The summed E-state index contributed by atoms with van der Waals surface area (Å²) in [6, 6.07) is 12.1. The fraction of sp³-hybridized carbons (Fsp3) is 0.158. The molecule has 0 aliphatic heterocycles. The topological polar surface area (TPSA) is 102 Å². The number of esters is 1. The molecular weight excluding hydrogens is 404 g/mol. The first-order valence-corrected chi connectivity index (χ1v) is 9.89. The summed E-state index contributed by atoms with van der Waals surface area (Å²) in [5.41, 5.74) is 0.918. The second kappa shape index (κ2) is 9.90. The average Bonchev–Trinajstić information content (AvgIpc) is 2.69. The average molecular weight is 421 g/mol. The second-order valence-electron chi connectivity index (χ2n) is 5.54. The van der Waals surface area contributed by atoms with E-state index in [4.69, 9.17) is 22.8 Å². The highest BCUT2D eigenvalue weighted by Gasteiger charge is 2.15. The van der Waals surface area contributed by atoms with E-state index in [0.29, 0.717) is 5.02 Å². The van der Waals surface area contributed by atoms with Crippen LogP contribution in [0.5, 0.6) is 0 Å². The fourth-order valence-electron chi connectivity index (χ4n) is 2.10. The number of carbonyl (C=O) groups excluding carboxylic acids is 2. The number of halogens is 1. The monoisotopic (exact) mass is 420 g/mol. The van der Waals surface area contributed by atoms with Gasteiger partial charge in [-0.2, -0.15) is 4.72 Å². The number of benzene rings is 2. The van der Waals surface area contributed by atoms with Crippen molar-refractivity contribution in [3.8, 4) is 12.3 Å². The Morgan fingerprint density at radius 1 is 1.14 bits per heavy atom. The van der Waals surface area contributed by atoms with E-state index < -0.39 is 28.5 Å². The van der Waals surface area contributed by atoms with Crippen LogP contribution in [0.3, 0.4) is 0 Å². The molecule has 0 bridgehead atoms. The van der Waals surface area contributed by atoms with Crippen LogP contribution in [0.25, 0.3) is 0 Å². The Morgan fingerprint density at radius 2 is 1.86 bits per heavy atom. The molecule has 0 radical (unpaired) electrons. The zero-order valence-corrected chi connectivity index (χ0v) is 16.2. The molecule has 9 heteroatoms. The zero-order valence-electron chi connectivity index (χ0n) is 14.6. The quantitative estimate of drug-likeness (QED) is 0.500. The van der Waals surface area contributed by atoms with Gasteiger partial charge in [0.05, 0.1) is 17.0 Å². The Kier molecular flexibility index (Phi) is 7.58. The zero-order chi connectivity index (χ0) is 20.6. The molecule has 0 atom stereocenters. The van der Waals surface area contributed by atoms with E-state index in [-0.39, 0.29) is 23.5 Å². The van der Waals surface area contributed by atoms with E-state index >= 15 is 0 Å². The van der Waals surface area contributed by atoms with Gasteiger partial charge in [0, 0.05) is 11.6 Å². The Labute approximate surface area is 168 Å². The molecule has 2 aromatic rings. The first-order chi connectivity index (χ1) is 13.3. The van der Waals surface area contributed by atoms with E-state index in [1.54, 1.807) is 24.3 Å². The molecule has 0 aromatic heterocycles. The Bertz CT molecular complexity index is 998. The highest BCUT2D eigenvalue weighted by molar-refractivity contribution is 7.89. The first kappa shape index (κ1) is 21.4. The first-order valence-electron chi connectivity index (χ1n) is 8.03. The summed E-state index contributed by atoms with van der Waals surface area (Å²) in [5, 5.41) is 3.16. The molecule has 1 amide bonds. The predicted molar refractivity (Wildman–Crippen MR) is 104 cm³/mol. The van der Waals surface area contributed by atoms with Crippen molar-refractivity contribution in [2.75, 3.05) is 13.2 Å². The van der Waals surface area contributed by atoms with Gasteiger partial charge in [-0.1, -0.05) is 29.7 Å². The molecule has 0 aliphatic rings. The van der Waals surface area contributed by atoms with Gasteiger partial charge in [-0.25, -0.2) is 13.2 Å². The van der Waals surface area contributed by atoms with Gasteiger partial charge in [0.1, 0.15) is 0 Å². The number of hydrogen-bond acceptors (Lipinski definition) is 5. The third-order valence-electron chi connectivity index (χ3n) is 3.48. The van der Waals surface area contributed by atoms with Gasteiger partial charge < -0.3 is 10.1 Å². The van der Waals surface area contributed by atoms with E-state index in [2.05, 4.69) is 16.0 Å². The van der Waals surface area contributed by atoms with Crippen molar-refractivity contribution < 1.29 is 22.7 Å². The van der Waals surface area contributed by atoms with Gasteiger partial charge in [0.15, 0.2) is 6.61 Å². The second-order valence-corrected chi connectivity index (χ2v) is 7.74. The summed E-state index contributed by atoms with van der Waals surface area (Å²) in [6.45, 7) is -0.367. The molecule has 0 aliphatic carbocycles. The molecule has 0 spiro atoms. The lowest BCUT2D eigenvalue weighted by molar-refractivity contribution is -0.124. The Morgan fingerprint density at radius 3 is 2.50 bits per heavy atom. The molecule has 7 nitrogen and oxygen atoms in total. The van der Waals surface area contributed by atoms with Crippen molar-refractivity contribution in [3.05, 3.63) is 64.7 Å². The van der Waals surface area contributed by atoms with Gasteiger partial charge in [-0.15, -0.1) is 6.42 Å². The van der Waals surface area contributed by atoms with Crippen LogP contribution in [0.1, 0.15) is 15.9 Å². The molecule has 2 aromatic carbocycles. The summed E-state index contributed by atoms with van der Waals surface area (Å²) in [5.74, 6) is 0.933. The number of sulfonamides is 1. The summed E-state index contributed by atoms with van der Waals surface area (Å²) in [7, 11) is -3.75. The largest absolute Gasteiger partial charge is 0.452 e. The third kappa shape index (κ3) is 6.39. The number of hydrogen-bond donors (Lipinski definition) is 2. The van der Waals surface area contributed by atoms with Crippen LogP contribution in [0.4, 0.5) is 0 Å². The van der Waals surface area contributed by atoms with E-state index in [1.165, 1.54) is 24.3 Å². The summed E-state index contributed by atoms with van der Waals surface area (Å²) >= 11 is 5.86. The molecule has 0 saturated heterocycles. The number of ether oxygens (including phenoxy) is 1. The van der Waals surface area contributed by atoms with Crippen LogP contribution in [0.2, 0.25) is 5.02 Å². The van der Waals surface area contributed by atoms with Crippen LogP contribution >= 0.6 is 11.6 Å². The molecule has 0 heterocycles. The Balaban J connectivity index is 1.85. The number of terminal acetylenes is 1. The number of rotatable bonds is 8. The van der Waals surface area contributed by atoms with E-state index in [9.17, 15) is 18.0 Å². The van der Waals surface area contributed by atoms with Gasteiger partial charge in [-0.3, -0.25) is 4.79 Å². The molecule has 0 saturated carbocycles. The minimum atomic E-state index is -3.75. The molecule has 0 fully saturated rings. The summed E-state index contributed by atoms with van der Waals surface area (Å²) < 4.78 is 31.0. The normalized spacial score (nSPS) is 10.7. The summed E-state index contributed by atoms with van der Waals surface area (Å²) in [6.07, 6.45) is 5.02. The molecule has 146 valence electrons. The van der Waals surface area contributed by atoms with Crippen molar-refractivity contribution in [1.82, 2.24) is 10.0 Å². The van der Waals surface area contributed by atoms with Gasteiger partial charge in [0.25, 0.3) is 5.91 Å². The van der Waals surface area contributed by atoms with Crippen molar-refractivity contribution in [2.24, 2.45) is 0 Å². The smallest absolute Gasteiger partial charge is 0.338 e. The van der Waals surface area contributed by atoms with Gasteiger partial charge >= 0.3 is 5.97 Å². The third-order valence-corrected chi connectivity index (χ3v) is 5.13. The maximum atomic E-state index is 12.0. The fourth-order valence-corrected chi connectivity index (χ4v) is 3.25. The maximum absolute atomic E-state index is 12.0. The van der Waals surface area contributed by atoms with Crippen molar-refractivity contribution in [3.63, 3.8) is 0 Å². The minimum absolute atomic E-state index is 0.0430. The molecule has 0 unspecified atom stereocenters. The predicted octanol–water partition coefficient (Wildman–Crippen LogP) is 1.72. The number of amides is 1. The molecule has 2 N–H and O–H groups in total. The van der Waals surface area contributed by atoms with E-state index in [1.807, 2.05) is 0 Å². The lowest BCUT2D eigenvalue weighted by Gasteiger charge is -2.08. The molecular formula is C19H17ClN2O5S. The summed E-state index contributed by atoms with van der Waals surface area (Å²) in [4.78, 5) is 23.7. The minimum Gasteiger partial charge on any atom is -0.452 e. The maximum Gasteiger partial charge on any atom is 0.338 e. The highest BCUT2D eigenvalue weighted by atomic mass is 35.5. The number of carbonyl (C=O) groups is 2. The van der Waals surface area contributed by atoms with Gasteiger partial charge in [0.2, 0.25) is 10.0 Å². The van der Waals surface area contributed by atoms with Gasteiger partial charge in [-0.05, 0) is 42.0 Å². The van der Waals surface area contributed by atoms with Crippen LogP contribution in [0, 0.1) is 12.3 Å². The lowest BCUT2D eigenvalue weighted by atomic mass is 10.2. The molecule has 2 rings (SSSR count). The van der Waals surface area contributed by atoms with E-state index in [0.717, 1.165) is 5.56 Å². The highest BCUT2D eigenvalue weighted by Crippen LogP contribution is 2.12.